The number of H-pyrrole nitrogens is 1. The van der Waals surface area contributed by atoms with Crippen LogP contribution in [0, 0.1) is 13.8 Å². The first kappa shape index (κ1) is 13.1. The van der Waals surface area contributed by atoms with E-state index in [1.807, 2.05) is 14.1 Å². The fraction of sp³-hybridized carbons (Fsp3) is 0.357. The summed E-state index contributed by atoms with van der Waals surface area (Å²) in [4.78, 5) is 17.7. The Kier molecular flexibility index (Phi) is 3.68. The van der Waals surface area contributed by atoms with Gasteiger partial charge >= 0.3 is 4.87 Å². The molecule has 1 aromatic carbocycles. The molecule has 0 saturated heterocycles. The number of thiazole rings is 1. The highest BCUT2D eigenvalue weighted by Crippen LogP contribution is 2.27. The van der Waals surface area contributed by atoms with E-state index in [0.29, 0.717) is 0 Å². The number of hydrogen-bond acceptors (Lipinski definition) is 3. The minimum absolute atomic E-state index is 0.0156. The second-order valence-corrected chi connectivity index (χ2v) is 5.94. The lowest BCUT2D eigenvalue weighted by Crippen LogP contribution is -2.10. The van der Waals surface area contributed by atoms with Gasteiger partial charge in [0.1, 0.15) is 0 Å². The van der Waals surface area contributed by atoms with E-state index in [2.05, 4.69) is 41.9 Å². The number of benzene rings is 1. The van der Waals surface area contributed by atoms with E-state index in [4.69, 9.17) is 0 Å². The molecule has 0 atom stereocenters. The highest BCUT2D eigenvalue weighted by molar-refractivity contribution is 7.09. The van der Waals surface area contributed by atoms with E-state index in [1.165, 1.54) is 22.5 Å². The summed E-state index contributed by atoms with van der Waals surface area (Å²) in [7, 11) is 4.02. The zero-order valence-corrected chi connectivity index (χ0v) is 12.0. The van der Waals surface area contributed by atoms with Crippen molar-refractivity contribution < 1.29 is 0 Å². The third-order valence-corrected chi connectivity index (χ3v) is 3.70. The van der Waals surface area contributed by atoms with Crippen molar-refractivity contribution in [1.29, 1.82) is 0 Å². The van der Waals surface area contributed by atoms with E-state index < -0.39 is 0 Å². The third-order valence-electron chi connectivity index (χ3n) is 2.83. The monoisotopic (exact) mass is 262 g/mol. The van der Waals surface area contributed by atoms with Crippen molar-refractivity contribution in [1.82, 2.24) is 9.88 Å². The van der Waals surface area contributed by atoms with Crippen LogP contribution in [-0.4, -0.2) is 24.0 Å². The quantitative estimate of drug-likeness (QED) is 0.923. The standard InChI is InChI=1S/C14H18N2OS/c1-9-5-6-11(10(2)7-9)13-12(8-16(3)4)18-14(17)15-13/h5-7H,8H2,1-4H3,(H,15,17). The molecule has 0 unspecified atom stereocenters. The highest BCUT2D eigenvalue weighted by Gasteiger charge is 2.12. The molecule has 0 radical (unpaired) electrons. The molecule has 2 aromatic rings. The summed E-state index contributed by atoms with van der Waals surface area (Å²) >= 11 is 1.30. The lowest BCUT2D eigenvalue weighted by atomic mass is 10.0. The van der Waals surface area contributed by atoms with E-state index in [-0.39, 0.29) is 4.87 Å². The molecule has 0 aliphatic heterocycles. The minimum Gasteiger partial charge on any atom is -0.312 e. The van der Waals surface area contributed by atoms with Gasteiger partial charge in [-0.25, -0.2) is 0 Å². The first-order chi connectivity index (χ1) is 8.47. The molecule has 2 rings (SSSR count). The number of aromatic nitrogens is 1. The Hall–Kier alpha value is -1.39. The molecule has 0 spiro atoms. The molecule has 0 saturated carbocycles. The molecular weight excluding hydrogens is 244 g/mol. The van der Waals surface area contributed by atoms with E-state index in [0.717, 1.165) is 22.7 Å². The van der Waals surface area contributed by atoms with E-state index in [9.17, 15) is 4.79 Å². The number of hydrogen-bond donors (Lipinski definition) is 1. The molecule has 18 heavy (non-hydrogen) atoms. The highest BCUT2D eigenvalue weighted by atomic mass is 32.1. The van der Waals surface area contributed by atoms with Crippen molar-refractivity contribution in [3.8, 4) is 11.3 Å². The number of rotatable bonds is 3. The van der Waals surface area contributed by atoms with Crippen LogP contribution in [0.1, 0.15) is 16.0 Å². The van der Waals surface area contributed by atoms with Gasteiger partial charge in [-0.1, -0.05) is 35.1 Å². The molecule has 96 valence electrons. The molecule has 3 nitrogen and oxygen atoms in total. The van der Waals surface area contributed by atoms with Crippen molar-refractivity contribution in [2.75, 3.05) is 14.1 Å². The SMILES string of the molecule is Cc1ccc(-c2[nH]c(=O)sc2CN(C)C)c(C)c1. The summed E-state index contributed by atoms with van der Waals surface area (Å²) < 4.78 is 0. The predicted octanol–water partition coefficient (Wildman–Crippen LogP) is 2.78. The van der Waals surface area contributed by atoms with Crippen molar-refractivity contribution in [3.63, 3.8) is 0 Å². The Balaban J connectivity index is 2.52. The van der Waals surface area contributed by atoms with Crippen LogP contribution in [0.5, 0.6) is 0 Å². The van der Waals surface area contributed by atoms with Gasteiger partial charge in [0.05, 0.1) is 5.69 Å². The average Bonchev–Trinajstić information content (AvgIpc) is 2.58. The Bertz CT molecular complexity index is 610. The zero-order chi connectivity index (χ0) is 13.3. The summed E-state index contributed by atoms with van der Waals surface area (Å²) in [6, 6.07) is 6.31. The van der Waals surface area contributed by atoms with Gasteiger partial charge in [0, 0.05) is 17.0 Å². The molecule has 4 heteroatoms. The average molecular weight is 262 g/mol. The molecule has 0 amide bonds. The fourth-order valence-electron chi connectivity index (χ4n) is 2.07. The maximum absolute atomic E-state index is 11.6. The summed E-state index contributed by atoms with van der Waals surface area (Å²) in [5, 5.41) is 0. The van der Waals surface area contributed by atoms with E-state index in [1.54, 1.807) is 0 Å². The van der Waals surface area contributed by atoms with Gasteiger partial charge < -0.3 is 9.88 Å². The lowest BCUT2D eigenvalue weighted by molar-refractivity contribution is 0.406. The summed E-state index contributed by atoms with van der Waals surface area (Å²) in [6.45, 7) is 4.94. The van der Waals surface area contributed by atoms with Gasteiger partial charge in [-0.05, 0) is 33.5 Å². The first-order valence-electron chi connectivity index (χ1n) is 5.91. The van der Waals surface area contributed by atoms with Crippen LogP contribution in [0.3, 0.4) is 0 Å². The Labute approximate surface area is 111 Å². The van der Waals surface area contributed by atoms with Gasteiger partial charge in [-0.2, -0.15) is 0 Å². The number of aromatic amines is 1. The molecule has 0 aliphatic carbocycles. The maximum atomic E-state index is 11.6. The summed E-state index contributed by atoms with van der Waals surface area (Å²) in [5.74, 6) is 0. The molecule has 1 heterocycles. The van der Waals surface area contributed by atoms with Gasteiger partial charge in [0.25, 0.3) is 0 Å². The van der Waals surface area contributed by atoms with Crippen LogP contribution in [0.4, 0.5) is 0 Å². The molecule has 1 aromatic heterocycles. The zero-order valence-electron chi connectivity index (χ0n) is 11.2. The molecule has 0 aliphatic rings. The van der Waals surface area contributed by atoms with Crippen molar-refractivity contribution in [3.05, 3.63) is 43.9 Å². The lowest BCUT2D eigenvalue weighted by Gasteiger charge is -2.11. The van der Waals surface area contributed by atoms with Crippen LogP contribution in [0.2, 0.25) is 0 Å². The fourth-order valence-corrected chi connectivity index (χ4v) is 3.03. The van der Waals surface area contributed by atoms with Gasteiger partial charge in [-0.15, -0.1) is 0 Å². The van der Waals surface area contributed by atoms with Gasteiger partial charge in [-0.3, -0.25) is 4.79 Å². The smallest absolute Gasteiger partial charge is 0.305 e. The molecule has 0 bridgehead atoms. The van der Waals surface area contributed by atoms with Crippen molar-refractivity contribution >= 4 is 11.3 Å². The van der Waals surface area contributed by atoms with Crippen LogP contribution in [0.25, 0.3) is 11.3 Å². The number of nitrogens with one attached hydrogen (secondary N) is 1. The van der Waals surface area contributed by atoms with Crippen LogP contribution in [-0.2, 0) is 6.54 Å². The van der Waals surface area contributed by atoms with Crippen molar-refractivity contribution in [2.45, 2.75) is 20.4 Å². The Morgan fingerprint density at radius 2 is 2.00 bits per heavy atom. The summed E-state index contributed by atoms with van der Waals surface area (Å²) in [5.41, 5.74) is 4.53. The largest absolute Gasteiger partial charge is 0.312 e. The topological polar surface area (TPSA) is 36.1 Å². The third kappa shape index (κ3) is 2.71. The maximum Gasteiger partial charge on any atom is 0.305 e. The van der Waals surface area contributed by atoms with E-state index >= 15 is 0 Å². The molecule has 0 fully saturated rings. The number of aryl methyl sites for hydroxylation is 2. The Morgan fingerprint density at radius 1 is 1.28 bits per heavy atom. The Morgan fingerprint density at radius 3 is 2.61 bits per heavy atom. The van der Waals surface area contributed by atoms with Gasteiger partial charge in [0.15, 0.2) is 0 Å². The number of nitrogens with zero attached hydrogens (tertiary/aromatic N) is 1. The summed E-state index contributed by atoms with van der Waals surface area (Å²) in [6.07, 6.45) is 0. The second kappa shape index (κ2) is 5.08. The minimum atomic E-state index is 0.0156. The van der Waals surface area contributed by atoms with Gasteiger partial charge in [0.2, 0.25) is 0 Å². The van der Waals surface area contributed by atoms with Crippen molar-refractivity contribution in [2.24, 2.45) is 0 Å². The van der Waals surface area contributed by atoms with Crippen LogP contribution < -0.4 is 4.87 Å². The van der Waals surface area contributed by atoms with Crippen LogP contribution >= 0.6 is 11.3 Å². The predicted molar refractivity (Wildman–Crippen MR) is 77.2 cm³/mol. The normalized spacial score (nSPS) is 11.2. The second-order valence-electron chi connectivity index (χ2n) is 4.87. The molecule has 1 N–H and O–H groups in total. The molecular formula is C14H18N2OS. The first-order valence-corrected chi connectivity index (χ1v) is 6.73. The van der Waals surface area contributed by atoms with Crippen LogP contribution in [0.15, 0.2) is 23.0 Å².